The Morgan fingerprint density at radius 3 is 2.39 bits per heavy atom. The molecule has 0 fully saturated rings. The van der Waals surface area contributed by atoms with Crippen LogP contribution in [-0.2, 0) is 14.3 Å². The number of amides is 2. The number of ether oxygens (including phenoxy) is 2. The number of rotatable bonds is 8. The summed E-state index contributed by atoms with van der Waals surface area (Å²) in [4.78, 5) is 35.2. The van der Waals surface area contributed by atoms with Gasteiger partial charge in [0, 0.05) is 0 Å². The van der Waals surface area contributed by atoms with Gasteiger partial charge in [-0.05, 0) is 24.3 Å². The number of anilines is 1. The van der Waals surface area contributed by atoms with Gasteiger partial charge in [0.15, 0.2) is 6.61 Å². The van der Waals surface area contributed by atoms with E-state index in [9.17, 15) is 27.6 Å². The number of esters is 1. The fraction of sp³-hybridized carbons (Fsp3) is 0.167. The molecule has 7 nitrogen and oxygen atoms in total. The second-order valence-electron chi connectivity index (χ2n) is 5.25. The third-order valence-corrected chi connectivity index (χ3v) is 3.25. The standard InChI is InChI=1S/C18H15F3N2O5/c19-12-6-2-1-5-11(12)17(26)22-9-16(25)27-10-15(24)23-13-7-3-4-8-14(13)28-18(20)21/h1-8,18H,9-10H2,(H,22,26)(H,23,24). The lowest BCUT2D eigenvalue weighted by molar-refractivity contribution is -0.146. The van der Waals surface area contributed by atoms with Gasteiger partial charge in [-0.3, -0.25) is 14.4 Å². The highest BCUT2D eigenvalue weighted by molar-refractivity contribution is 5.97. The highest BCUT2D eigenvalue weighted by Gasteiger charge is 2.15. The van der Waals surface area contributed by atoms with Gasteiger partial charge in [-0.2, -0.15) is 8.78 Å². The molecular formula is C18H15F3N2O5. The van der Waals surface area contributed by atoms with Gasteiger partial charge in [0.2, 0.25) is 0 Å². The molecule has 0 radical (unpaired) electrons. The van der Waals surface area contributed by atoms with Crippen molar-refractivity contribution in [3.63, 3.8) is 0 Å². The fourth-order valence-electron chi connectivity index (χ4n) is 2.05. The average molecular weight is 396 g/mol. The molecule has 0 saturated heterocycles. The summed E-state index contributed by atoms with van der Waals surface area (Å²) < 4.78 is 47.0. The number of alkyl halides is 2. The predicted octanol–water partition coefficient (Wildman–Crippen LogP) is 2.34. The molecule has 0 aliphatic carbocycles. The van der Waals surface area contributed by atoms with Crippen molar-refractivity contribution in [3.8, 4) is 5.75 Å². The number of benzene rings is 2. The molecule has 2 aromatic carbocycles. The Labute approximate surface area is 157 Å². The second kappa shape index (κ2) is 9.95. The Hall–Kier alpha value is -3.56. The van der Waals surface area contributed by atoms with Crippen LogP contribution in [0.1, 0.15) is 10.4 Å². The first-order valence-electron chi connectivity index (χ1n) is 7.89. The number of hydrogen-bond donors (Lipinski definition) is 2. The maximum Gasteiger partial charge on any atom is 0.387 e. The summed E-state index contributed by atoms with van der Waals surface area (Å²) in [5.41, 5.74) is -0.277. The molecule has 0 unspecified atom stereocenters. The quantitative estimate of drug-likeness (QED) is 0.668. The van der Waals surface area contributed by atoms with E-state index in [0.717, 1.165) is 6.07 Å². The lowest BCUT2D eigenvalue weighted by Crippen LogP contribution is -2.32. The highest BCUT2D eigenvalue weighted by atomic mass is 19.3. The van der Waals surface area contributed by atoms with E-state index in [1.807, 2.05) is 0 Å². The van der Waals surface area contributed by atoms with E-state index in [1.165, 1.54) is 42.5 Å². The van der Waals surface area contributed by atoms with Crippen LogP contribution < -0.4 is 15.4 Å². The van der Waals surface area contributed by atoms with Crippen LogP contribution in [0.25, 0.3) is 0 Å². The van der Waals surface area contributed by atoms with Crippen LogP contribution in [0.4, 0.5) is 18.9 Å². The van der Waals surface area contributed by atoms with E-state index in [4.69, 9.17) is 0 Å². The minimum atomic E-state index is -3.08. The number of carbonyl (C=O) groups excluding carboxylic acids is 3. The minimum Gasteiger partial charge on any atom is -0.454 e. The van der Waals surface area contributed by atoms with Crippen LogP contribution in [0.2, 0.25) is 0 Å². The molecular weight excluding hydrogens is 381 g/mol. The highest BCUT2D eigenvalue weighted by Crippen LogP contribution is 2.25. The van der Waals surface area contributed by atoms with Crippen molar-refractivity contribution in [3.05, 3.63) is 59.9 Å². The predicted molar refractivity (Wildman–Crippen MR) is 91.4 cm³/mol. The number of carbonyl (C=O) groups is 3. The Kier molecular flexibility index (Phi) is 7.37. The summed E-state index contributed by atoms with van der Waals surface area (Å²) in [6, 6.07) is 10.7. The van der Waals surface area contributed by atoms with Crippen LogP contribution >= 0.6 is 0 Å². The Bertz CT molecular complexity index is 861. The van der Waals surface area contributed by atoms with Crippen LogP contribution in [0.5, 0.6) is 5.75 Å². The van der Waals surface area contributed by atoms with E-state index < -0.39 is 43.4 Å². The third kappa shape index (κ3) is 6.31. The topological polar surface area (TPSA) is 93.7 Å². The van der Waals surface area contributed by atoms with Crippen LogP contribution in [0.15, 0.2) is 48.5 Å². The Morgan fingerprint density at radius 2 is 1.68 bits per heavy atom. The average Bonchev–Trinajstić information content (AvgIpc) is 2.66. The Morgan fingerprint density at radius 1 is 1.00 bits per heavy atom. The summed E-state index contributed by atoms with van der Waals surface area (Å²) in [7, 11) is 0. The summed E-state index contributed by atoms with van der Waals surface area (Å²) in [5, 5.41) is 4.41. The monoisotopic (exact) mass is 396 g/mol. The molecule has 2 rings (SSSR count). The van der Waals surface area contributed by atoms with Gasteiger partial charge in [0.1, 0.15) is 18.1 Å². The van der Waals surface area contributed by atoms with E-state index in [-0.39, 0.29) is 17.0 Å². The van der Waals surface area contributed by atoms with Gasteiger partial charge in [-0.1, -0.05) is 24.3 Å². The number of para-hydroxylation sites is 2. The SMILES string of the molecule is O=C(COC(=O)CNC(=O)c1ccccc1F)Nc1ccccc1OC(F)F. The third-order valence-electron chi connectivity index (χ3n) is 3.25. The number of hydrogen-bond acceptors (Lipinski definition) is 5. The van der Waals surface area contributed by atoms with Crippen molar-refractivity contribution < 1.29 is 37.0 Å². The lowest BCUT2D eigenvalue weighted by atomic mass is 10.2. The maximum atomic E-state index is 13.5. The molecule has 28 heavy (non-hydrogen) atoms. The number of nitrogens with one attached hydrogen (secondary N) is 2. The van der Waals surface area contributed by atoms with Crippen molar-refractivity contribution in [2.45, 2.75) is 6.61 Å². The molecule has 10 heteroatoms. The zero-order valence-electron chi connectivity index (χ0n) is 14.3. The van der Waals surface area contributed by atoms with Gasteiger partial charge < -0.3 is 20.1 Å². The van der Waals surface area contributed by atoms with Gasteiger partial charge >= 0.3 is 12.6 Å². The van der Waals surface area contributed by atoms with Crippen molar-refractivity contribution in [1.29, 1.82) is 0 Å². The molecule has 0 saturated carbocycles. The molecule has 0 aliphatic rings. The molecule has 2 aromatic rings. The van der Waals surface area contributed by atoms with E-state index in [2.05, 4.69) is 20.1 Å². The first-order chi connectivity index (χ1) is 13.4. The Balaban J connectivity index is 1.79. The summed E-state index contributed by atoms with van der Waals surface area (Å²) >= 11 is 0. The van der Waals surface area contributed by atoms with E-state index in [1.54, 1.807) is 0 Å². The lowest BCUT2D eigenvalue weighted by Gasteiger charge is -2.12. The fourth-order valence-corrected chi connectivity index (χ4v) is 2.05. The van der Waals surface area contributed by atoms with Crippen molar-refractivity contribution in [2.75, 3.05) is 18.5 Å². The zero-order chi connectivity index (χ0) is 20.5. The summed E-state index contributed by atoms with van der Waals surface area (Å²) in [6.07, 6.45) is 0. The zero-order valence-corrected chi connectivity index (χ0v) is 14.3. The van der Waals surface area contributed by atoms with Crippen LogP contribution in [0.3, 0.4) is 0 Å². The minimum absolute atomic E-state index is 0.0308. The van der Waals surface area contributed by atoms with Crippen LogP contribution in [0, 0.1) is 5.82 Å². The molecule has 2 N–H and O–H groups in total. The second-order valence-corrected chi connectivity index (χ2v) is 5.25. The molecule has 148 valence electrons. The van der Waals surface area contributed by atoms with Gasteiger partial charge in [0.05, 0.1) is 11.3 Å². The van der Waals surface area contributed by atoms with E-state index >= 15 is 0 Å². The molecule has 2 amide bonds. The summed E-state index contributed by atoms with van der Waals surface area (Å²) in [6.45, 7) is -4.39. The number of halogens is 3. The van der Waals surface area contributed by atoms with Gasteiger partial charge in [-0.25, -0.2) is 4.39 Å². The first kappa shape index (κ1) is 20.7. The molecule has 0 aromatic heterocycles. The maximum absolute atomic E-state index is 13.5. The van der Waals surface area contributed by atoms with Crippen LogP contribution in [-0.4, -0.2) is 37.5 Å². The smallest absolute Gasteiger partial charge is 0.387 e. The van der Waals surface area contributed by atoms with Crippen molar-refractivity contribution >= 4 is 23.5 Å². The van der Waals surface area contributed by atoms with Crippen molar-refractivity contribution in [1.82, 2.24) is 5.32 Å². The normalized spacial score (nSPS) is 10.3. The molecule has 0 spiro atoms. The first-order valence-corrected chi connectivity index (χ1v) is 7.89. The molecule has 0 bridgehead atoms. The van der Waals surface area contributed by atoms with Gasteiger partial charge in [-0.15, -0.1) is 0 Å². The van der Waals surface area contributed by atoms with Gasteiger partial charge in [0.25, 0.3) is 11.8 Å². The van der Waals surface area contributed by atoms with E-state index in [0.29, 0.717) is 0 Å². The molecule has 0 aliphatic heterocycles. The van der Waals surface area contributed by atoms with Crippen molar-refractivity contribution in [2.24, 2.45) is 0 Å². The molecule has 0 heterocycles. The largest absolute Gasteiger partial charge is 0.454 e. The molecule has 0 atom stereocenters. The summed E-state index contributed by atoms with van der Waals surface area (Å²) in [5.74, 6) is -3.58.